The van der Waals surface area contributed by atoms with Gasteiger partial charge in [0.15, 0.2) is 29.5 Å². The molecule has 212 valence electrons. The number of nitrogens with zero attached hydrogens (tertiary/aromatic N) is 4. The second-order valence-corrected chi connectivity index (χ2v) is 10.4. The van der Waals surface area contributed by atoms with Gasteiger partial charge in [-0.05, 0) is 23.8 Å². The topological polar surface area (TPSA) is 179 Å². The van der Waals surface area contributed by atoms with Gasteiger partial charge in [-0.1, -0.05) is 54.6 Å². The lowest BCUT2D eigenvalue weighted by Crippen LogP contribution is -2.31. The number of benzene rings is 2. The van der Waals surface area contributed by atoms with E-state index in [1.165, 1.54) is 12.7 Å². The van der Waals surface area contributed by atoms with Crippen molar-refractivity contribution in [3.05, 3.63) is 85.0 Å². The van der Waals surface area contributed by atoms with Crippen LogP contribution in [0.15, 0.2) is 79.4 Å². The van der Waals surface area contributed by atoms with Gasteiger partial charge in [0.1, 0.15) is 24.6 Å². The Kier molecular flexibility index (Phi) is 7.60. The molecular weight excluding hydrogens is 555 g/mol. The number of carbonyl (C=O) groups excluding carboxylic acids is 1. The van der Waals surface area contributed by atoms with E-state index < -0.39 is 51.3 Å². The lowest BCUT2D eigenvalue weighted by atomic mass is 10.1. The number of hydrogen-bond donors (Lipinski definition) is 4. The lowest BCUT2D eigenvalue weighted by molar-refractivity contribution is -0.132. The second-order valence-electron chi connectivity index (χ2n) is 9.18. The molecule has 6 rings (SSSR count). The highest BCUT2D eigenvalue weighted by Crippen LogP contribution is 2.43. The summed E-state index contributed by atoms with van der Waals surface area (Å²) in [7, 11) is -4.76. The second kappa shape index (κ2) is 11.5. The minimum absolute atomic E-state index is 0.172. The summed E-state index contributed by atoms with van der Waals surface area (Å²) < 4.78 is 36.0. The fourth-order valence-electron chi connectivity index (χ4n) is 4.65. The molecule has 2 aliphatic rings. The zero-order valence-corrected chi connectivity index (χ0v) is 22.2. The highest BCUT2D eigenvalue weighted by Gasteiger charge is 2.53. The normalized spacial score (nSPS) is 24.1. The van der Waals surface area contributed by atoms with E-state index in [1.807, 2.05) is 42.5 Å². The molecule has 2 aliphatic heterocycles. The van der Waals surface area contributed by atoms with Gasteiger partial charge in [0.2, 0.25) is 0 Å². The predicted octanol–water partition coefficient (Wildman–Crippen LogP) is 3.30. The van der Waals surface area contributed by atoms with E-state index in [4.69, 9.17) is 18.7 Å². The van der Waals surface area contributed by atoms with Crippen molar-refractivity contribution in [1.82, 2.24) is 19.5 Å². The van der Waals surface area contributed by atoms with Crippen molar-refractivity contribution in [2.45, 2.75) is 30.8 Å². The van der Waals surface area contributed by atoms with Gasteiger partial charge in [0.25, 0.3) is 0 Å². The van der Waals surface area contributed by atoms with E-state index in [0.717, 1.165) is 5.56 Å². The van der Waals surface area contributed by atoms with Gasteiger partial charge in [-0.2, -0.15) is 0 Å². The van der Waals surface area contributed by atoms with E-state index in [1.54, 1.807) is 34.9 Å². The van der Waals surface area contributed by atoms with E-state index in [9.17, 15) is 19.1 Å². The lowest BCUT2D eigenvalue weighted by Gasteiger charge is -2.20. The summed E-state index contributed by atoms with van der Waals surface area (Å²) in [5, 5.41) is 5.40. The third-order valence-electron chi connectivity index (χ3n) is 6.42. The number of amides is 2. The monoisotopic (exact) mass is 580 g/mol. The Hall–Kier alpha value is -4.01. The number of phosphoric acid groups is 1. The average Bonchev–Trinajstić information content (AvgIpc) is 3.66. The standard InChI is InChI=1S/C26H25N6O8P/c33-26(30-17-9-5-2-6-10-17)31-23-20-24(28-14-27-23)32(15-29-20)25-22-21(18(38-25)13-37-41(34,35)36)39-19(40-22)12-11-16-7-3-1-4-8-16/h1-12,14-15,18-19,21-22,25H,13H2,(H2,34,35,36)(H2,27,28,30,31,33)/b12-11+/t18-,19?,21-,22-,25-/m1/s1. The molecule has 2 saturated heterocycles. The molecular formula is C26H25N6O8P. The van der Waals surface area contributed by atoms with Gasteiger partial charge in [0.05, 0.1) is 12.9 Å². The number of para-hydroxylation sites is 1. The third-order valence-corrected chi connectivity index (χ3v) is 6.90. The van der Waals surface area contributed by atoms with Crippen molar-refractivity contribution in [1.29, 1.82) is 0 Å². The summed E-state index contributed by atoms with van der Waals surface area (Å²) in [6.07, 6.45) is 2.45. The van der Waals surface area contributed by atoms with Crippen LogP contribution < -0.4 is 10.6 Å². The number of rotatable bonds is 8. The molecule has 2 aromatic carbocycles. The first kappa shape index (κ1) is 27.2. The summed E-state index contributed by atoms with van der Waals surface area (Å²) in [5.74, 6) is 0.172. The first-order valence-corrected chi connectivity index (χ1v) is 14.1. The number of hydrogen-bond acceptors (Lipinski definition) is 9. The number of imidazole rings is 1. The summed E-state index contributed by atoms with van der Waals surface area (Å²) >= 11 is 0. The number of anilines is 2. The number of phosphoric ester groups is 1. The number of nitrogens with one attached hydrogen (secondary N) is 2. The van der Waals surface area contributed by atoms with Crippen molar-refractivity contribution in [3.63, 3.8) is 0 Å². The van der Waals surface area contributed by atoms with Crippen LogP contribution in [0.5, 0.6) is 0 Å². The Morgan fingerprint density at radius 3 is 2.46 bits per heavy atom. The van der Waals surface area contributed by atoms with Crippen molar-refractivity contribution >= 4 is 42.6 Å². The summed E-state index contributed by atoms with van der Waals surface area (Å²) in [5.41, 5.74) is 2.18. The van der Waals surface area contributed by atoms with Crippen LogP contribution in [-0.4, -0.2) is 66.5 Å². The van der Waals surface area contributed by atoms with E-state index in [2.05, 4.69) is 25.6 Å². The summed E-state index contributed by atoms with van der Waals surface area (Å²) in [4.78, 5) is 43.9. The molecule has 0 bridgehead atoms. The molecule has 0 radical (unpaired) electrons. The van der Waals surface area contributed by atoms with E-state index in [0.29, 0.717) is 16.9 Å². The molecule has 0 aliphatic carbocycles. The quantitative estimate of drug-likeness (QED) is 0.225. The number of ether oxygens (including phenoxy) is 3. The van der Waals surface area contributed by atoms with Crippen LogP contribution in [0.3, 0.4) is 0 Å². The van der Waals surface area contributed by atoms with Gasteiger partial charge >= 0.3 is 13.9 Å². The Labute approximate surface area is 233 Å². The maximum absolute atomic E-state index is 12.6. The molecule has 14 nitrogen and oxygen atoms in total. The molecule has 4 N–H and O–H groups in total. The van der Waals surface area contributed by atoms with Gasteiger partial charge < -0.3 is 29.3 Å². The van der Waals surface area contributed by atoms with Gasteiger partial charge in [0, 0.05) is 5.69 Å². The molecule has 0 spiro atoms. The molecule has 5 atom stereocenters. The van der Waals surface area contributed by atoms with Crippen LogP contribution in [0, 0.1) is 0 Å². The van der Waals surface area contributed by atoms with Gasteiger partial charge in [-0.3, -0.25) is 14.4 Å². The zero-order chi connectivity index (χ0) is 28.4. The fourth-order valence-corrected chi connectivity index (χ4v) is 4.99. The maximum Gasteiger partial charge on any atom is 0.469 e. The third kappa shape index (κ3) is 6.19. The summed E-state index contributed by atoms with van der Waals surface area (Å²) in [6, 6.07) is 18.0. The number of fused-ring (bicyclic) bond motifs is 2. The highest BCUT2D eigenvalue weighted by atomic mass is 31.2. The van der Waals surface area contributed by atoms with Crippen molar-refractivity contribution in [3.8, 4) is 0 Å². The van der Waals surface area contributed by atoms with Gasteiger partial charge in [-0.25, -0.2) is 24.3 Å². The largest absolute Gasteiger partial charge is 0.469 e. The molecule has 2 fully saturated rings. The van der Waals surface area contributed by atoms with Crippen LogP contribution >= 0.6 is 7.82 Å². The molecule has 4 heterocycles. The minimum Gasteiger partial charge on any atom is -0.347 e. The average molecular weight is 580 g/mol. The van der Waals surface area contributed by atoms with Crippen LogP contribution in [0.2, 0.25) is 0 Å². The molecule has 0 saturated carbocycles. The Balaban J connectivity index is 1.24. The Morgan fingerprint density at radius 2 is 1.71 bits per heavy atom. The molecule has 2 amide bonds. The fraction of sp³-hybridized carbons (Fsp3) is 0.231. The maximum atomic E-state index is 12.6. The molecule has 15 heteroatoms. The first-order chi connectivity index (χ1) is 19.8. The summed E-state index contributed by atoms with van der Waals surface area (Å²) in [6.45, 7) is -0.436. The molecule has 1 unspecified atom stereocenters. The molecule has 41 heavy (non-hydrogen) atoms. The zero-order valence-electron chi connectivity index (χ0n) is 21.3. The molecule has 2 aromatic heterocycles. The molecule has 4 aromatic rings. The van der Waals surface area contributed by atoms with Crippen LogP contribution in [0.25, 0.3) is 17.2 Å². The Bertz CT molecular complexity index is 1600. The predicted molar refractivity (Wildman–Crippen MR) is 145 cm³/mol. The SMILES string of the molecule is O=C(Nc1ccccc1)Nc1ncnc2c1ncn2[C@@H]1O[C@H](COP(=O)(O)O)[C@H]2OC(/C=C/c3ccccc3)O[C@H]21. The van der Waals surface area contributed by atoms with Crippen LogP contribution in [-0.2, 0) is 23.3 Å². The van der Waals surface area contributed by atoms with Crippen molar-refractivity contribution in [2.75, 3.05) is 17.2 Å². The van der Waals surface area contributed by atoms with E-state index >= 15 is 0 Å². The number of aromatic nitrogens is 4. The number of urea groups is 1. The van der Waals surface area contributed by atoms with E-state index in [-0.39, 0.29) is 5.82 Å². The highest BCUT2D eigenvalue weighted by molar-refractivity contribution is 7.46. The first-order valence-electron chi connectivity index (χ1n) is 12.5. The van der Waals surface area contributed by atoms with Crippen molar-refractivity contribution in [2.24, 2.45) is 0 Å². The number of carbonyl (C=O) groups is 1. The minimum atomic E-state index is -4.76. The van der Waals surface area contributed by atoms with Crippen LogP contribution in [0.1, 0.15) is 11.8 Å². The van der Waals surface area contributed by atoms with Crippen molar-refractivity contribution < 1.29 is 37.9 Å². The van der Waals surface area contributed by atoms with Gasteiger partial charge in [-0.15, -0.1) is 0 Å². The smallest absolute Gasteiger partial charge is 0.347 e. The Morgan fingerprint density at radius 1 is 0.976 bits per heavy atom. The van der Waals surface area contributed by atoms with Crippen LogP contribution in [0.4, 0.5) is 16.3 Å².